The average Bonchev–Trinajstić information content (AvgIpc) is 3.28. The zero-order chi connectivity index (χ0) is 25.7. The van der Waals surface area contributed by atoms with Crippen molar-refractivity contribution in [2.45, 2.75) is 53.6 Å². The Morgan fingerprint density at radius 3 is 2.25 bits per heavy atom. The second kappa shape index (κ2) is 12.0. The lowest BCUT2D eigenvalue weighted by molar-refractivity contribution is 0.259. The zero-order valence-corrected chi connectivity index (χ0v) is 22.7. The highest BCUT2D eigenvalue weighted by atomic mass is 35.5. The van der Waals surface area contributed by atoms with Gasteiger partial charge < -0.3 is 19.5 Å². The molecule has 1 saturated heterocycles. The molecule has 0 amide bonds. The highest BCUT2D eigenvalue weighted by molar-refractivity contribution is 6.31. The summed E-state index contributed by atoms with van der Waals surface area (Å²) < 4.78 is 12.4. The lowest BCUT2D eigenvalue weighted by Crippen LogP contribution is -2.23. The standard InChI is InChI=1S/C31H38ClNO3/c1-5-24-17-28(32)25(18-29(24)34)20-36-31-12-7-10-27(23(31)4)26-9-6-11-30(22(26)3)35-16-8-14-33-15-13-21(2)19-33/h6-7,9-12,17-18,21,34H,5,8,13-16,19-20H2,1-4H3/t21-/m1/s1. The van der Waals surface area contributed by atoms with Crippen LogP contribution in [0.5, 0.6) is 17.2 Å². The first-order chi connectivity index (χ1) is 17.4. The van der Waals surface area contributed by atoms with Crippen LogP contribution in [0, 0.1) is 19.8 Å². The van der Waals surface area contributed by atoms with Crippen LogP contribution in [0.25, 0.3) is 11.1 Å². The van der Waals surface area contributed by atoms with Crippen LogP contribution in [0.2, 0.25) is 5.02 Å². The molecule has 3 aromatic rings. The maximum absolute atomic E-state index is 10.2. The third-order valence-corrected chi connectivity index (χ3v) is 7.61. The Hall–Kier alpha value is -2.69. The number of ether oxygens (including phenoxy) is 2. The minimum absolute atomic E-state index is 0.258. The fourth-order valence-corrected chi connectivity index (χ4v) is 5.26. The van der Waals surface area contributed by atoms with Crippen LogP contribution >= 0.6 is 11.6 Å². The number of hydrogen-bond donors (Lipinski definition) is 1. The van der Waals surface area contributed by atoms with E-state index in [1.807, 2.05) is 25.1 Å². The molecular formula is C31H38ClNO3. The first-order valence-corrected chi connectivity index (χ1v) is 13.4. The van der Waals surface area contributed by atoms with Gasteiger partial charge in [-0.3, -0.25) is 0 Å². The molecule has 192 valence electrons. The van der Waals surface area contributed by atoms with Crippen LogP contribution < -0.4 is 9.47 Å². The first kappa shape index (κ1) is 26.4. The lowest BCUT2D eigenvalue weighted by Gasteiger charge is -2.18. The minimum Gasteiger partial charge on any atom is -0.508 e. The van der Waals surface area contributed by atoms with Crippen molar-refractivity contribution in [1.29, 1.82) is 0 Å². The lowest BCUT2D eigenvalue weighted by atomic mass is 9.95. The first-order valence-electron chi connectivity index (χ1n) is 13.0. The Kier molecular flexibility index (Phi) is 8.81. The summed E-state index contributed by atoms with van der Waals surface area (Å²) in [6.07, 6.45) is 3.08. The van der Waals surface area contributed by atoms with Crippen molar-refractivity contribution in [1.82, 2.24) is 4.90 Å². The predicted octanol–water partition coefficient (Wildman–Crippen LogP) is 7.58. The van der Waals surface area contributed by atoms with Crippen LogP contribution in [0.15, 0.2) is 48.5 Å². The van der Waals surface area contributed by atoms with E-state index in [1.165, 1.54) is 19.5 Å². The summed E-state index contributed by atoms with van der Waals surface area (Å²) >= 11 is 6.44. The number of aryl methyl sites for hydroxylation is 1. The molecule has 0 aliphatic carbocycles. The molecule has 1 fully saturated rings. The van der Waals surface area contributed by atoms with Gasteiger partial charge in [0.25, 0.3) is 0 Å². The summed E-state index contributed by atoms with van der Waals surface area (Å²) in [6, 6.07) is 15.9. The largest absolute Gasteiger partial charge is 0.508 e. The van der Waals surface area contributed by atoms with E-state index in [2.05, 4.69) is 49.9 Å². The van der Waals surface area contributed by atoms with E-state index in [9.17, 15) is 5.11 Å². The molecule has 0 saturated carbocycles. The molecule has 4 rings (SSSR count). The van der Waals surface area contributed by atoms with Crippen LogP contribution in [0.1, 0.15) is 48.9 Å². The Morgan fingerprint density at radius 1 is 0.972 bits per heavy atom. The van der Waals surface area contributed by atoms with Crippen LogP contribution in [0.4, 0.5) is 0 Å². The number of phenolic OH excluding ortho intramolecular Hbond substituents is 1. The molecule has 1 heterocycles. The van der Waals surface area contributed by atoms with E-state index < -0.39 is 0 Å². The maximum Gasteiger partial charge on any atom is 0.123 e. The van der Waals surface area contributed by atoms with Crippen molar-refractivity contribution in [3.63, 3.8) is 0 Å². The predicted molar refractivity (Wildman–Crippen MR) is 149 cm³/mol. The number of nitrogens with zero attached hydrogens (tertiary/aromatic N) is 1. The van der Waals surface area contributed by atoms with E-state index in [0.29, 0.717) is 11.6 Å². The summed E-state index contributed by atoms with van der Waals surface area (Å²) in [5.41, 5.74) is 6.07. The number of rotatable bonds is 10. The summed E-state index contributed by atoms with van der Waals surface area (Å²) in [5, 5.41) is 10.8. The quantitative estimate of drug-likeness (QED) is 0.287. The van der Waals surface area contributed by atoms with Gasteiger partial charge in [-0.2, -0.15) is 0 Å². The molecule has 1 aliphatic rings. The van der Waals surface area contributed by atoms with Crippen LogP contribution in [-0.2, 0) is 13.0 Å². The fraction of sp³-hybridized carbons (Fsp3) is 0.419. The van der Waals surface area contributed by atoms with E-state index >= 15 is 0 Å². The molecule has 36 heavy (non-hydrogen) atoms. The third-order valence-electron chi connectivity index (χ3n) is 7.25. The van der Waals surface area contributed by atoms with Crippen molar-refractivity contribution >= 4 is 11.6 Å². The molecule has 5 heteroatoms. The highest BCUT2D eigenvalue weighted by Gasteiger charge is 2.18. The van der Waals surface area contributed by atoms with Gasteiger partial charge in [-0.25, -0.2) is 0 Å². The molecule has 1 N–H and O–H groups in total. The van der Waals surface area contributed by atoms with Gasteiger partial charge in [-0.1, -0.05) is 49.7 Å². The smallest absolute Gasteiger partial charge is 0.123 e. The number of aromatic hydroxyl groups is 1. The third kappa shape index (κ3) is 6.16. The Labute approximate surface area is 220 Å². The molecule has 0 radical (unpaired) electrons. The fourth-order valence-electron chi connectivity index (χ4n) is 5.02. The highest BCUT2D eigenvalue weighted by Crippen LogP contribution is 2.36. The monoisotopic (exact) mass is 507 g/mol. The molecule has 1 atom stereocenters. The zero-order valence-electron chi connectivity index (χ0n) is 21.9. The van der Waals surface area contributed by atoms with E-state index in [1.54, 1.807) is 6.07 Å². The molecule has 0 aromatic heterocycles. The van der Waals surface area contributed by atoms with E-state index in [0.717, 1.165) is 76.8 Å². The van der Waals surface area contributed by atoms with E-state index in [-0.39, 0.29) is 5.75 Å². The second-order valence-corrected chi connectivity index (χ2v) is 10.4. The van der Waals surface area contributed by atoms with Crippen molar-refractivity contribution in [2.24, 2.45) is 5.92 Å². The topological polar surface area (TPSA) is 41.9 Å². The summed E-state index contributed by atoms with van der Waals surface area (Å²) in [7, 11) is 0. The van der Waals surface area contributed by atoms with Crippen LogP contribution in [-0.4, -0.2) is 36.2 Å². The van der Waals surface area contributed by atoms with E-state index in [4.69, 9.17) is 21.1 Å². The van der Waals surface area contributed by atoms with Gasteiger partial charge in [-0.05, 0) is 97.7 Å². The second-order valence-electron chi connectivity index (χ2n) is 9.97. The number of phenols is 1. The SMILES string of the molecule is CCc1cc(Cl)c(COc2cccc(-c3cccc(OCCCN4CC[C@@H](C)C4)c3C)c2C)cc1O. The van der Waals surface area contributed by atoms with Crippen LogP contribution in [0.3, 0.4) is 0 Å². The number of benzene rings is 3. The normalized spacial score (nSPS) is 15.9. The van der Waals surface area contributed by atoms with Crippen molar-refractivity contribution in [3.05, 3.63) is 75.8 Å². The molecule has 0 bridgehead atoms. The van der Waals surface area contributed by atoms with Gasteiger partial charge in [0.05, 0.1) is 6.61 Å². The average molecular weight is 508 g/mol. The Morgan fingerprint density at radius 2 is 1.64 bits per heavy atom. The van der Waals surface area contributed by atoms with Crippen molar-refractivity contribution in [3.8, 4) is 28.4 Å². The molecule has 4 nitrogen and oxygen atoms in total. The van der Waals surface area contributed by atoms with Gasteiger partial charge in [0, 0.05) is 23.7 Å². The van der Waals surface area contributed by atoms with Gasteiger partial charge in [0.15, 0.2) is 0 Å². The van der Waals surface area contributed by atoms with Gasteiger partial charge in [-0.15, -0.1) is 0 Å². The maximum atomic E-state index is 10.2. The van der Waals surface area contributed by atoms with Gasteiger partial charge >= 0.3 is 0 Å². The Bertz CT molecular complexity index is 1190. The number of halogens is 1. The molecule has 3 aromatic carbocycles. The molecular weight excluding hydrogens is 470 g/mol. The number of likely N-dealkylation sites (tertiary alicyclic amines) is 1. The van der Waals surface area contributed by atoms with Gasteiger partial charge in [0.2, 0.25) is 0 Å². The Balaban J connectivity index is 1.44. The van der Waals surface area contributed by atoms with Gasteiger partial charge in [0.1, 0.15) is 23.9 Å². The molecule has 0 unspecified atom stereocenters. The number of hydrogen-bond acceptors (Lipinski definition) is 4. The minimum atomic E-state index is 0.258. The summed E-state index contributed by atoms with van der Waals surface area (Å²) in [5.74, 6) is 2.81. The summed E-state index contributed by atoms with van der Waals surface area (Å²) in [6.45, 7) is 13.1. The summed E-state index contributed by atoms with van der Waals surface area (Å²) in [4.78, 5) is 2.54. The van der Waals surface area contributed by atoms with Crippen molar-refractivity contribution in [2.75, 3.05) is 26.2 Å². The van der Waals surface area contributed by atoms with Crippen molar-refractivity contribution < 1.29 is 14.6 Å². The molecule has 1 aliphatic heterocycles. The molecule has 0 spiro atoms.